The quantitative estimate of drug-likeness (QED) is 0.539. The smallest absolute Gasteiger partial charge is 0.251 e. The summed E-state index contributed by atoms with van der Waals surface area (Å²) in [6.45, 7) is 1.69. The molecule has 0 heterocycles. The Morgan fingerprint density at radius 1 is 1.16 bits per heavy atom. The molecule has 8 heteroatoms. The number of sulfonamides is 1. The van der Waals surface area contributed by atoms with E-state index in [-0.39, 0.29) is 35.9 Å². The lowest BCUT2D eigenvalue weighted by Crippen LogP contribution is -2.35. The molecule has 1 rings (SSSR count). The van der Waals surface area contributed by atoms with Crippen LogP contribution in [-0.2, 0) is 10.0 Å². The number of phenols is 2. The minimum absolute atomic E-state index is 0.0264. The zero-order chi connectivity index (χ0) is 14.5. The van der Waals surface area contributed by atoms with Gasteiger partial charge in [-0.2, -0.15) is 0 Å². The molecule has 0 spiro atoms. The largest absolute Gasteiger partial charge is 0.508 e. The number of carbonyl (C=O) groups is 1. The predicted octanol–water partition coefficient (Wildman–Crippen LogP) is -0.233. The topological polar surface area (TPSA) is 116 Å². The molecule has 0 atom stereocenters. The molecule has 0 radical (unpaired) electrons. The van der Waals surface area contributed by atoms with Crippen LogP contribution in [0.3, 0.4) is 0 Å². The van der Waals surface area contributed by atoms with Crippen LogP contribution >= 0.6 is 0 Å². The van der Waals surface area contributed by atoms with Crippen LogP contribution in [0.4, 0.5) is 0 Å². The highest BCUT2D eigenvalue weighted by molar-refractivity contribution is 7.89. The molecule has 0 aliphatic rings. The van der Waals surface area contributed by atoms with E-state index in [1.54, 1.807) is 0 Å². The van der Waals surface area contributed by atoms with Gasteiger partial charge in [0.1, 0.15) is 11.5 Å². The second-order valence-electron chi connectivity index (χ2n) is 3.79. The van der Waals surface area contributed by atoms with Gasteiger partial charge < -0.3 is 15.5 Å². The number of phenolic OH excluding ortho intramolecular Hbond substituents is 2. The first-order valence-electron chi connectivity index (χ1n) is 5.62. The fourth-order valence-corrected chi connectivity index (χ4v) is 1.93. The van der Waals surface area contributed by atoms with Crippen LogP contribution in [-0.4, -0.2) is 43.4 Å². The first-order valence-corrected chi connectivity index (χ1v) is 7.28. The van der Waals surface area contributed by atoms with Crippen molar-refractivity contribution >= 4 is 15.9 Å². The van der Waals surface area contributed by atoms with Gasteiger partial charge >= 0.3 is 0 Å². The molecule has 7 nitrogen and oxygen atoms in total. The van der Waals surface area contributed by atoms with E-state index in [2.05, 4.69) is 10.0 Å². The summed E-state index contributed by atoms with van der Waals surface area (Å²) in [7, 11) is -3.28. The summed E-state index contributed by atoms with van der Waals surface area (Å²) < 4.78 is 24.5. The van der Waals surface area contributed by atoms with Crippen molar-refractivity contribution in [1.29, 1.82) is 0 Å². The van der Waals surface area contributed by atoms with Gasteiger partial charge in [-0.15, -0.1) is 0 Å². The summed E-state index contributed by atoms with van der Waals surface area (Å²) in [5.74, 6) is -0.989. The van der Waals surface area contributed by atoms with Gasteiger partial charge in [0.25, 0.3) is 5.91 Å². The molecule has 1 aromatic carbocycles. The van der Waals surface area contributed by atoms with E-state index < -0.39 is 15.9 Å². The standard InChI is InChI=1S/C11H16N2O5S/c1-2-19(17,18)13-4-3-12-11(16)8-5-9(14)7-10(15)6-8/h5-7,13-15H,2-4H2,1H3,(H,12,16). The van der Waals surface area contributed by atoms with Crippen LogP contribution in [0.15, 0.2) is 18.2 Å². The van der Waals surface area contributed by atoms with E-state index in [4.69, 9.17) is 0 Å². The predicted molar refractivity (Wildman–Crippen MR) is 69.6 cm³/mol. The van der Waals surface area contributed by atoms with E-state index in [1.165, 1.54) is 19.1 Å². The lowest BCUT2D eigenvalue weighted by Gasteiger charge is -2.07. The molecule has 0 bridgehead atoms. The third-order valence-electron chi connectivity index (χ3n) is 2.28. The number of aromatic hydroxyl groups is 2. The minimum atomic E-state index is -3.28. The monoisotopic (exact) mass is 288 g/mol. The van der Waals surface area contributed by atoms with Crippen LogP contribution in [0.2, 0.25) is 0 Å². The highest BCUT2D eigenvalue weighted by Crippen LogP contribution is 2.20. The molecule has 4 N–H and O–H groups in total. The van der Waals surface area contributed by atoms with Gasteiger partial charge in [0.05, 0.1) is 5.75 Å². The third-order valence-corrected chi connectivity index (χ3v) is 3.68. The number of hydrogen-bond acceptors (Lipinski definition) is 5. The van der Waals surface area contributed by atoms with Crippen LogP contribution in [0.25, 0.3) is 0 Å². The van der Waals surface area contributed by atoms with Crippen molar-refractivity contribution in [2.45, 2.75) is 6.92 Å². The van der Waals surface area contributed by atoms with Gasteiger partial charge in [-0.3, -0.25) is 4.79 Å². The number of hydrogen-bond donors (Lipinski definition) is 4. The maximum Gasteiger partial charge on any atom is 0.251 e. The maximum absolute atomic E-state index is 11.6. The van der Waals surface area contributed by atoms with Crippen molar-refractivity contribution in [1.82, 2.24) is 10.0 Å². The number of rotatable bonds is 6. The van der Waals surface area contributed by atoms with Gasteiger partial charge in [0, 0.05) is 24.7 Å². The summed E-state index contributed by atoms with van der Waals surface area (Å²) in [5, 5.41) is 20.9. The van der Waals surface area contributed by atoms with Crippen molar-refractivity contribution in [3.63, 3.8) is 0 Å². The average molecular weight is 288 g/mol. The third kappa shape index (κ3) is 5.14. The Morgan fingerprint density at radius 2 is 1.74 bits per heavy atom. The van der Waals surface area contributed by atoms with E-state index in [0.717, 1.165) is 6.07 Å². The Morgan fingerprint density at radius 3 is 2.26 bits per heavy atom. The van der Waals surface area contributed by atoms with E-state index in [1.807, 2.05) is 0 Å². The summed E-state index contributed by atoms with van der Waals surface area (Å²) in [5.41, 5.74) is 0.0934. The Hall–Kier alpha value is -1.80. The first-order chi connectivity index (χ1) is 8.84. The molecule has 0 unspecified atom stereocenters. The summed E-state index contributed by atoms with van der Waals surface area (Å²) in [4.78, 5) is 11.6. The summed E-state index contributed by atoms with van der Waals surface area (Å²) >= 11 is 0. The number of amides is 1. The Balaban J connectivity index is 2.48. The molecule has 0 aromatic heterocycles. The zero-order valence-corrected chi connectivity index (χ0v) is 11.2. The molecule has 0 aliphatic heterocycles. The molecule has 106 valence electrons. The van der Waals surface area contributed by atoms with Gasteiger partial charge in [-0.1, -0.05) is 0 Å². The van der Waals surface area contributed by atoms with E-state index >= 15 is 0 Å². The fraction of sp³-hybridized carbons (Fsp3) is 0.364. The van der Waals surface area contributed by atoms with Crippen LogP contribution < -0.4 is 10.0 Å². The van der Waals surface area contributed by atoms with Gasteiger partial charge in [0.2, 0.25) is 10.0 Å². The van der Waals surface area contributed by atoms with Crippen molar-refractivity contribution in [3.8, 4) is 11.5 Å². The van der Waals surface area contributed by atoms with Crippen LogP contribution in [0.1, 0.15) is 17.3 Å². The molecular formula is C11H16N2O5S. The van der Waals surface area contributed by atoms with Crippen LogP contribution in [0, 0.1) is 0 Å². The minimum Gasteiger partial charge on any atom is -0.508 e. The highest BCUT2D eigenvalue weighted by atomic mass is 32.2. The van der Waals surface area contributed by atoms with Crippen molar-refractivity contribution in [2.75, 3.05) is 18.8 Å². The highest BCUT2D eigenvalue weighted by Gasteiger charge is 2.09. The molecule has 0 saturated heterocycles. The summed E-state index contributed by atoms with van der Waals surface area (Å²) in [6, 6.07) is 3.50. The number of nitrogens with one attached hydrogen (secondary N) is 2. The maximum atomic E-state index is 11.6. The number of benzene rings is 1. The molecule has 0 fully saturated rings. The average Bonchev–Trinajstić information content (AvgIpc) is 2.33. The van der Waals surface area contributed by atoms with Gasteiger partial charge in [-0.05, 0) is 19.1 Å². The molecule has 19 heavy (non-hydrogen) atoms. The van der Waals surface area contributed by atoms with Crippen molar-refractivity contribution in [2.24, 2.45) is 0 Å². The Bertz CT molecular complexity index is 536. The molecule has 1 amide bonds. The normalized spacial score (nSPS) is 11.2. The zero-order valence-electron chi connectivity index (χ0n) is 10.4. The second kappa shape index (κ2) is 6.39. The molecule has 0 aliphatic carbocycles. The lowest BCUT2D eigenvalue weighted by atomic mass is 10.2. The van der Waals surface area contributed by atoms with Crippen molar-refractivity contribution < 1.29 is 23.4 Å². The second-order valence-corrected chi connectivity index (χ2v) is 5.89. The first kappa shape index (κ1) is 15.3. The van der Waals surface area contributed by atoms with Crippen molar-refractivity contribution in [3.05, 3.63) is 23.8 Å². The molecular weight excluding hydrogens is 272 g/mol. The Labute approximate surface area is 111 Å². The SMILES string of the molecule is CCS(=O)(=O)NCCNC(=O)c1cc(O)cc(O)c1. The van der Waals surface area contributed by atoms with Gasteiger partial charge in [-0.25, -0.2) is 13.1 Å². The van der Waals surface area contributed by atoms with E-state index in [9.17, 15) is 23.4 Å². The van der Waals surface area contributed by atoms with Gasteiger partial charge in [0.15, 0.2) is 0 Å². The summed E-state index contributed by atoms with van der Waals surface area (Å²) in [6.07, 6.45) is 0. The fourth-order valence-electron chi connectivity index (χ4n) is 1.31. The van der Waals surface area contributed by atoms with E-state index in [0.29, 0.717) is 0 Å². The Kier molecular flexibility index (Phi) is 5.13. The lowest BCUT2D eigenvalue weighted by molar-refractivity contribution is 0.0953. The molecule has 1 aromatic rings. The van der Waals surface area contributed by atoms with Crippen LogP contribution in [0.5, 0.6) is 11.5 Å². The number of carbonyl (C=O) groups excluding carboxylic acids is 1. The molecule has 0 saturated carbocycles.